The lowest BCUT2D eigenvalue weighted by Crippen LogP contribution is -2.14. The van der Waals surface area contributed by atoms with Crippen molar-refractivity contribution in [1.82, 2.24) is 0 Å². The van der Waals surface area contributed by atoms with Gasteiger partial charge < -0.3 is 20.5 Å². The summed E-state index contributed by atoms with van der Waals surface area (Å²) in [4.78, 5) is 12.2. The molecule has 0 aliphatic rings. The third kappa shape index (κ3) is 3.00. The maximum Gasteiger partial charge on any atom is 0.257 e. The standard InChI is InChI=1S/C15H16N2O3/c1-19-11-5-3-4-10(8-11)17-15(18)13-7-6-12(20-2)9-14(13)16/h3-9H,16H2,1-2H3,(H,17,18). The summed E-state index contributed by atoms with van der Waals surface area (Å²) in [5.41, 5.74) is 7.25. The zero-order valence-electron chi connectivity index (χ0n) is 11.3. The molecule has 1 amide bonds. The molecule has 0 unspecified atom stereocenters. The molecule has 5 heteroatoms. The lowest BCUT2D eigenvalue weighted by molar-refractivity contribution is 0.102. The van der Waals surface area contributed by atoms with Crippen molar-refractivity contribution >= 4 is 17.3 Å². The number of carbonyl (C=O) groups excluding carboxylic acids is 1. The molecule has 3 N–H and O–H groups in total. The highest BCUT2D eigenvalue weighted by atomic mass is 16.5. The van der Waals surface area contributed by atoms with Gasteiger partial charge in [0.2, 0.25) is 0 Å². The number of amides is 1. The number of nitrogens with one attached hydrogen (secondary N) is 1. The molecule has 2 aromatic carbocycles. The molecule has 2 aromatic rings. The minimum absolute atomic E-state index is 0.279. The van der Waals surface area contributed by atoms with E-state index in [0.717, 1.165) is 0 Å². The predicted molar refractivity (Wildman–Crippen MR) is 78.4 cm³/mol. The summed E-state index contributed by atoms with van der Waals surface area (Å²) >= 11 is 0. The highest BCUT2D eigenvalue weighted by molar-refractivity contribution is 6.07. The number of methoxy groups -OCH3 is 2. The van der Waals surface area contributed by atoms with E-state index in [0.29, 0.717) is 28.4 Å². The van der Waals surface area contributed by atoms with Crippen molar-refractivity contribution in [2.24, 2.45) is 0 Å². The number of hydrogen-bond donors (Lipinski definition) is 2. The van der Waals surface area contributed by atoms with Gasteiger partial charge in [-0.05, 0) is 24.3 Å². The lowest BCUT2D eigenvalue weighted by Gasteiger charge is -2.09. The third-order valence-corrected chi connectivity index (χ3v) is 2.83. The number of hydrogen-bond acceptors (Lipinski definition) is 4. The van der Waals surface area contributed by atoms with Crippen LogP contribution < -0.4 is 20.5 Å². The fourth-order valence-corrected chi connectivity index (χ4v) is 1.77. The zero-order valence-corrected chi connectivity index (χ0v) is 11.3. The van der Waals surface area contributed by atoms with Crippen molar-refractivity contribution < 1.29 is 14.3 Å². The topological polar surface area (TPSA) is 73.6 Å². The van der Waals surface area contributed by atoms with Crippen LogP contribution >= 0.6 is 0 Å². The van der Waals surface area contributed by atoms with Crippen molar-refractivity contribution in [1.29, 1.82) is 0 Å². The van der Waals surface area contributed by atoms with Crippen LogP contribution in [0, 0.1) is 0 Å². The molecule has 20 heavy (non-hydrogen) atoms. The van der Waals surface area contributed by atoms with Crippen LogP contribution in [0.4, 0.5) is 11.4 Å². The van der Waals surface area contributed by atoms with E-state index >= 15 is 0 Å². The van der Waals surface area contributed by atoms with Crippen LogP contribution in [-0.4, -0.2) is 20.1 Å². The smallest absolute Gasteiger partial charge is 0.257 e. The first-order chi connectivity index (χ1) is 9.63. The summed E-state index contributed by atoms with van der Waals surface area (Å²) in [5, 5.41) is 2.77. The molecular formula is C15H16N2O3. The van der Waals surface area contributed by atoms with Gasteiger partial charge in [0.1, 0.15) is 11.5 Å². The summed E-state index contributed by atoms with van der Waals surface area (Å²) in [6.07, 6.45) is 0. The Balaban J connectivity index is 2.19. The van der Waals surface area contributed by atoms with Gasteiger partial charge in [-0.1, -0.05) is 6.07 Å². The maximum atomic E-state index is 12.2. The SMILES string of the molecule is COc1cccc(NC(=O)c2ccc(OC)cc2N)c1. The molecule has 0 bridgehead atoms. The Morgan fingerprint density at radius 3 is 2.40 bits per heavy atom. The van der Waals surface area contributed by atoms with Gasteiger partial charge in [-0.2, -0.15) is 0 Å². The number of carbonyl (C=O) groups is 1. The van der Waals surface area contributed by atoms with Gasteiger partial charge in [-0.3, -0.25) is 4.79 Å². The Bertz CT molecular complexity index is 626. The van der Waals surface area contributed by atoms with Crippen molar-refractivity contribution in [2.75, 3.05) is 25.3 Å². The molecule has 0 spiro atoms. The molecule has 0 heterocycles. The average molecular weight is 272 g/mol. The average Bonchev–Trinajstić information content (AvgIpc) is 2.47. The Labute approximate surface area is 117 Å². The van der Waals surface area contributed by atoms with Gasteiger partial charge in [0.15, 0.2) is 0 Å². The van der Waals surface area contributed by atoms with Crippen molar-refractivity contribution in [3.05, 3.63) is 48.0 Å². The molecule has 0 aliphatic heterocycles. The molecule has 0 atom stereocenters. The molecule has 0 aromatic heterocycles. The minimum Gasteiger partial charge on any atom is -0.497 e. The van der Waals surface area contributed by atoms with Gasteiger partial charge >= 0.3 is 0 Å². The predicted octanol–water partition coefficient (Wildman–Crippen LogP) is 2.54. The Kier molecular flexibility index (Phi) is 4.10. The first kappa shape index (κ1) is 13.7. The van der Waals surface area contributed by atoms with Crippen LogP contribution in [0.2, 0.25) is 0 Å². The minimum atomic E-state index is -0.279. The van der Waals surface area contributed by atoms with Crippen LogP contribution in [0.1, 0.15) is 10.4 Å². The van der Waals surface area contributed by atoms with Gasteiger partial charge in [0.05, 0.1) is 19.8 Å². The molecule has 0 radical (unpaired) electrons. The van der Waals surface area contributed by atoms with Crippen LogP contribution in [0.3, 0.4) is 0 Å². The number of nitrogens with two attached hydrogens (primary N) is 1. The van der Waals surface area contributed by atoms with Gasteiger partial charge in [0, 0.05) is 23.5 Å². The normalized spacial score (nSPS) is 9.90. The maximum absolute atomic E-state index is 12.2. The number of ether oxygens (including phenoxy) is 2. The van der Waals surface area contributed by atoms with Crippen molar-refractivity contribution in [2.45, 2.75) is 0 Å². The van der Waals surface area contributed by atoms with E-state index in [1.54, 1.807) is 56.7 Å². The number of anilines is 2. The second-order valence-electron chi connectivity index (χ2n) is 4.14. The molecule has 5 nitrogen and oxygen atoms in total. The Hall–Kier alpha value is -2.69. The molecule has 0 aliphatic carbocycles. The van der Waals surface area contributed by atoms with Crippen LogP contribution in [-0.2, 0) is 0 Å². The van der Waals surface area contributed by atoms with Crippen molar-refractivity contribution in [3.8, 4) is 11.5 Å². The van der Waals surface area contributed by atoms with E-state index in [9.17, 15) is 4.79 Å². The van der Waals surface area contributed by atoms with Crippen molar-refractivity contribution in [3.63, 3.8) is 0 Å². The third-order valence-electron chi connectivity index (χ3n) is 2.83. The highest BCUT2D eigenvalue weighted by Gasteiger charge is 2.11. The fourth-order valence-electron chi connectivity index (χ4n) is 1.77. The number of nitrogen functional groups attached to an aromatic ring is 1. The number of benzene rings is 2. The second-order valence-corrected chi connectivity index (χ2v) is 4.14. The summed E-state index contributed by atoms with van der Waals surface area (Å²) in [7, 11) is 3.12. The van der Waals surface area contributed by atoms with Gasteiger partial charge in [0.25, 0.3) is 5.91 Å². The van der Waals surface area contributed by atoms with E-state index in [1.807, 2.05) is 0 Å². The highest BCUT2D eigenvalue weighted by Crippen LogP contribution is 2.22. The largest absolute Gasteiger partial charge is 0.497 e. The molecule has 0 saturated carbocycles. The summed E-state index contributed by atoms with van der Waals surface area (Å²) in [6, 6.07) is 12.0. The van der Waals surface area contributed by atoms with Crippen LogP contribution in [0.5, 0.6) is 11.5 Å². The number of rotatable bonds is 4. The zero-order chi connectivity index (χ0) is 14.5. The van der Waals surface area contributed by atoms with E-state index in [2.05, 4.69) is 5.32 Å². The summed E-state index contributed by atoms with van der Waals surface area (Å²) in [6.45, 7) is 0. The van der Waals surface area contributed by atoms with Crippen LogP contribution in [0.15, 0.2) is 42.5 Å². The first-order valence-corrected chi connectivity index (χ1v) is 6.03. The van der Waals surface area contributed by atoms with Gasteiger partial charge in [-0.15, -0.1) is 0 Å². The summed E-state index contributed by atoms with van der Waals surface area (Å²) < 4.78 is 10.2. The quantitative estimate of drug-likeness (QED) is 0.839. The van der Waals surface area contributed by atoms with E-state index in [-0.39, 0.29) is 5.91 Å². The molecule has 2 rings (SSSR count). The second kappa shape index (κ2) is 5.97. The van der Waals surface area contributed by atoms with E-state index in [4.69, 9.17) is 15.2 Å². The molecular weight excluding hydrogens is 256 g/mol. The summed E-state index contributed by atoms with van der Waals surface area (Å²) in [5.74, 6) is 1.00. The Morgan fingerprint density at radius 1 is 1.05 bits per heavy atom. The van der Waals surface area contributed by atoms with E-state index in [1.165, 1.54) is 0 Å². The van der Waals surface area contributed by atoms with Crippen LogP contribution in [0.25, 0.3) is 0 Å². The molecule has 0 saturated heterocycles. The molecule has 104 valence electrons. The Morgan fingerprint density at radius 2 is 1.75 bits per heavy atom. The molecule has 0 fully saturated rings. The monoisotopic (exact) mass is 272 g/mol. The lowest BCUT2D eigenvalue weighted by atomic mass is 10.1. The van der Waals surface area contributed by atoms with Gasteiger partial charge in [-0.25, -0.2) is 0 Å². The van der Waals surface area contributed by atoms with E-state index < -0.39 is 0 Å². The first-order valence-electron chi connectivity index (χ1n) is 6.03. The fraction of sp³-hybridized carbons (Fsp3) is 0.133.